The molecule has 0 bridgehead atoms. The van der Waals surface area contributed by atoms with Crippen LogP contribution < -0.4 is 9.47 Å². The fourth-order valence-corrected chi connectivity index (χ4v) is 6.36. The molecule has 0 spiro atoms. The monoisotopic (exact) mass is 468 g/mol. The molecule has 1 fully saturated rings. The zero-order valence-electron chi connectivity index (χ0n) is 20.0. The highest BCUT2D eigenvalue weighted by Gasteiger charge is 2.71. The minimum Gasteiger partial charge on any atom is -0.497 e. The number of methoxy groups -OCH3 is 6. The summed E-state index contributed by atoms with van der Waals surface area (Å²) in [6.07, 6.45) is 0. The molecule has 0 aliphatic heterocycles. The lowest BCUT2D eigenvalue weighted by Gasteiger charge is -2.60. The van der Waals surface area contributed by atoms with Crippen molar-refractivity contribution in [3.8, 4) is 11.5 Å². The topological polar surface area (TPSA) is 89.5 Å². The van der Waals surface area contributed by atoms with Gasteiger partial charge in [-0.1, -0.05) is 12.1 Å². The van der Waals surface area contributed by atoms with E-state index in [1.807, 2.05) is 24.3 Å². The van der Waals surface area contributed by atoms with Gasteiger partial charge in [0, 0.05) is 63.2 Å². The Morgan fingerprint density at radius 2 is 0.912 bits per heavy atom. The van der Waals surface area contributed by atoms with E-state index in [1.165, 1.54) is 28.4 Å². The van der Waals surface area contributed by atoms with Gasteiger partial charge in [0.2, 0.25) is 11.6 Å². The normalized spacial score (nSPS) is 27.6. The molecule has 5 rings (SSSR count). The molecule has 0 saturated heterocycles. The van der Waals surface area contributed by atoms with E-state index < -0.39 is 23.4 Å². The van der Waals surface area contributed by atoms with E-state index in [1.54, 1.807) is 26.4 Å². The molecule has 180 valence electrons. The van der Waals surface area contributed by atoms with Crippen LogP contribution in [0.2, 0.25) is 0 Å². The first-order chi connectivity index (χ1) is 16.4. The molecule has 2 aromatic rings. The van der Waals surface area contributed by atoms with E-state index in [4.69, 9.17) is 28.4 Å². The second kappa shape index (κ2) is 7.88. The molecular formula is C26H28O8. The fraction of sp³-hybridized carbons (Fsp3) is 0.462. The molecule has 0 unspecified atom stereocenters. The second-order valence-electron chi connectivity index (χ2n) is 8.79. The number of benzene rings is 2. The standard InChI is InChI=1S/C26H28O8/c1-29-13-7-9-15-17(11-13)25(31-3,32-4)23(27)21-19(15)22-20(21)16-10-8-14(30-2)12-18(16)26(33-5,34-6)24(22)28/h7-12,19-22H,1-6H3. The molecule has 3 aliphatic carbocycles. The van der Waals surface area contributed by atoms with Crippen LogP contribution in [-0.4, -0.2) is 54.2 Å². The van der Waals surface area contributed by atoms with E-state index in [0.29, 0.717) is 22.6 Å². The molecule has 34 heavy (non-hydrogen) atoms. The third kappa shape index (κ3) is 2.57. The van der Waals surface area contributed by atoms with Crippen LogP contribution in [0.15, 0.2) is 36.4 Å². The van der Waals surface area contributed by atoms with Gasteiger partial charge in [-0.2, -0.15) is 0 Å². The van der Waals surface area contributed by atoms with Gasteiger partial charge in [0.15, 0.2) is 0 Å². The average Bonchev–Trinajstić information content (AvgIpc) is 2.86. The Labute approximate surface area is 198 Å². The Bertz CT molecular complexity index is 1060. The molecule has 3 aliphatic rings. The van der Waals surface area contributed by atoms with Gasteiger partial charge in [-0.15, -0.1) is 0 Å². The van der Waals surface area contributed by atoms with Crippen molar-refractivity contribution in [2.24, 2.45) is 11.8 Å². The predicted octanol–water partition coefficient (Wildman–Crippen LogP) is 2.87. The largest absolute Gasteiger partial charge is 0.497 e. The number of fused-ring (bicyclic) bond motifs is 8. The molecule has 0 heterocycles. The Hall–Kier alpha value is -2.78. The lowest BCUT2D eigenvalue weighted by atomic mass is 9.44. The van der Waals surface area contributed by atoms with Crippen LogP contribution in [0.5, 0.6) is 11.5 Å². The SMILES string of the molecule is COc1ccc2c(c1)C(OC)(OC)C(=O)C1C2C2C(=O)C(OC)(OC)c3cc(OC)ccc3C12. The number of carbonyl (C=O) groups is 2. The molecule has 2 aromatic carbocycles. The summed E-state index contributed by atoms with van der Waals surface area (Å²) in [4.78, 5) is 28.1. The number of rotatable bonds is 6. The van der Waals surface area contributed by atoms with Gasteiger partial charge in [0.05, 0.1) is 14.2 Å². The molecule has 0 atom stereocenters. The van der Waals surface area contributed by atoms with Crippen molar-refractivity contribution in [2.75, 3.05) is 42.7 Å². The summed E-state index contributed by atoms with van der Waals surface area (Å²) in [6, 6.07) is 10.9. The average molecular weight is 469 g/mol. The van der Waals surface area contributed by atoms with Crippen LogP contribution in [-0.2, 0) is 40.1 Å². The van der Waals surface area contributed by atoms with Crippen LogP contribution in [0, 0.1) is 11.8 Å². The maximum absolute atomic E-state index is 14.0. The van der Waals surface area contributed by atoms with Crippen molar-refractivity contribution in [1.82, 2.24) is 0 Å². The molecule has 0 radical (unpaired) electrons. The Morgan fingerprint density at radius 3 is 1.21 bits per heavy atom. The molecule has 0 N–H and O–H groups in total. The highest BCUT2D eigenvalue weighted by molar-refractivity contribution is 6.02. The maximum Gasteiger partial charge on any atom is 0.256 e. The maximum atomic E-state index is 14.0. The number of ketones is 2. The fourth-order valence-electron chi connectivity index (χ4n) is 6.36. The Morgan fingerprint density at radius 1 is 0.559 bits per heavy atom. The molecule has 1 saturated carbocycles. The number of hydrogen-bond donors (Lipinski definition) is 0. The van der Waals surface area contributed by atoms with E-state index >= 15 is 0 Å². The van der Waals surface area contributed by atoms with Gasteiger partial charge in [-0.05, 0) is 35.4 Å². The Balaban J connectivity index is 1.76. The molecule has 8 nitrogen and oxygen atoms in total. The Kier molecular flexibility index (Phi) is 5.33. The quantitative estimate of drug-likeness (QED) is 0.598. The zero-order valence-corrected chi connectivity index (χ0v) is 20.0. The van der Waals surface area contributed by atoms with Gasteiger partial charge in [-0.25, -0.2) is 0 Å². The smallest absolute Gasteiger partial charge is 0.256 e. The molecular weight excluding hydrogens is 440 g/mol. The number of hydrogen-bond acceptors (Lipinski definition) is 8. The van der Waals surface area contributed by atoms with Crippen molar-refractivity contribution in [1.29, 1.82) is 0 Å². The highest BCUT2D eigenvalue weighted by Crippen LogP contribution is 2.68. The number of carbonyl (C=O) groups excluding carboxylic acids is 2. The van der Waals surface area contributed by atoms with Crippen molar-refractivity contribution in [2.45, 2.75) is 23.4 Å². The van der Waals surface area contributed by atoms with Crippen LogP contribution in [0.25, 0.3) is 0 Å². The van der Waals surface area contributed by atoms with Gasteiger partial charge in [0.25, 0.3) is 11.6 Å². The second-order valence-corrected chi connectivity index (χ2v) is 8.79. The van der Waals surface area contributed by atoms with Crippen LogP contribution >= 0.6 is 0 Å². The first kappa shape index (κ1) is 23.0. The summed E-state index contributed by atoms with van der Waals surface area (Å²) in [7, 11) is 8.91. The summed E-state index contributed by atoms with van der Waals surface area (Å²) < 4.78 is 33.8. The lowest BCUT2D eigenvalue weighted by Crippen LogP contribution is -2.65. The van der Waals surface area contributed by atoms with Gasteiger partial charge in [-0.3, -0.25) is 9.59 Å². The summed E-state index contributed by atoms with van der Waals surface area (Å²) in [6.45, 7) is 0. The summed E-state index contributed by atoms with van der Waals surface area (Å²) in [5.41, 5.74) is 2.74. The van der Waals surface area contributed by atoms with Crippen LogP contribution in [0.1, 0.15) is 34.1 Å². The van der Waals surface area contributed by atoms with Gasteiger partial charge >= 0.3 is 0 Å². The molecule has 0 aromatic heterocycles. The van der Waals surface area contributed by atoms with E-state index in [9.17, 15) is 9.59 Å². The zero-order chi connectivity index (χ0) is 24.4. The van der Waals surface area contributed by atoms with E-state index in [0.717, 1.165) is 11.1 Å². The van der Waals surface area contributed by atoms with E-state index in [2.05, 4.69) is 0 Å². The van der Waals surface area contributed by atoms with Gasteiger partial charge in [0.1, 0.15) is 11.5 Å². The third-order valence-corrected chi connectivity index (χ3v) is 7.90. The van der Waals surface area contributed by atoms with Crippen LogP contribution in [0.4, 0.5) is 0 Å². The summed E-state index contributed by atoms with van der Waals surface area (Å²) in [5.74, 6) is -4.28. The third-order valence-electron chi connectivity index (χ3n) is 7.90. The minimum atomic E-state index is -1.59. The predicted molar refractivity (Wildman–Crippen MR) is 120 cm³/mol. The highest BCUT2D eigenvalue weighted by atomic mass is 16.7. The first-order valence-corrected chi connectivity index (χ1v) is 11.0. The molecule has 8 heteroatoms. The van der Waals surface area contributed by atoms with Crippen molar-refractivity contribution >= 4 is 11.6 Å². The summed E-state index contributed by atoms with van der Waals surface area (Å²) >= 11 is 0. The molecule has 0 amide bonds. The summed E-state index contributed by atoms with van der Waals surface area (Å²) in [5, 5.41) is 0. The number of Topliss-reactive ketones (excluding diaryl/α,β-unsaturated/α-hetero) is 2. The number of ether oxygens (including phenoxy) is 6. The van der Waals surface area contributed by atoms with Crippen molar-refractivity contribution in [3.05, 3.63) is 58.7 Å². The lowest BCUT2D eigenvalue weighted by molar-refractivity contribution is -0.238. The van der Waals surface area contributed by atoms with E-state index in [-0.39, 0.29) is 23.4 Å². The van der Waals surface area contributed by atoms with Crippen LogP contribution in [0.3, 0.4) is 0 Å². The van der Waals surface area contributed by atoms with Crippen molar-refractivity contribution in [3.63, 3.8) is 0 Å². The van der Waals surface area contributed by atoms with Crippen molar-refractivity contribution < 1.29 is 38.0 Å². The minimum absolute atomic E-state index is 0.221. The van der Waals surface area contributed by atoms with Gasteiger partial charge < -0.3 is 28.4 Å². The first-order valence-electron chi connectivity index (χ1n) is 11.0.